The molecule has 0 aliphatic carbocycles. The third-order valence-electron chi connectivity index (χ3n) is 2.19. The van der Waals surface area contributed by atoms with E-state index < -0.39 is 5.97 Å². The summed E-state index contributed by atoms with van der Waals surface area (Å²) in [4.78, 5) is 25.2. The molecule has 0 fully saturated rings. The number of Topliss-reactive ketones (excluding diaryl/α,β-unsaturated/α-hetero) is 1. The molecule has 1 aliphatic rings. The predicted molar refractivity (Wildman–Crippen MR) is 58.2 cm³/mol. The smallest absolute Gasteiger partial charge is 0.349 e. The molecule has 0 aromatic heterocycles. The quantitative estimate of drug-likeness (QED) is 0.307. The van der Waals surface area contributed by atoms with Gasteiger partial charge in [-0.1, -0.05) is 12.1 Å². The maximum Gasteiger partial charge on any atom is 0.349 e. The van der Waals surface area contributed by atoms with Crippen LogP contribution in [-0.2, 0) is 4.79 Å². The van der Waals surface area contributed by atoms with Crippen LogP contribution in [0.5, 0.6) is 5.75 Å². The van der Waals surface area contributed by atoms with Gasteiger partial charge in [0.25, 0.3) is 0 Å². The molecule has 0 bridgehead atoms. The van der Waals surface area contributed by atoms with Crippen LogP contribution in [0.3, 0.4) is 0 Å². The van der Waals surface area contributed by atoms with E-state index in [2.05, 4.69) is 0 Å². The van der Waals surface area contributed by atoms with Crippen LogP contribution >= 0.6 is 0 Å². The van der Waals surface area contributed by atoms with Crippen LogP contribution in [0.2, 0.25) is 0 Å². The zero-order valence-corrected chi connectivity index (χ0v) is 9.06. The number of carbonyl (C=O) groups is 2. The minimum atomic E-state index is -0.600. The summed E-state index contributed by atoms with van der Waals surface area (Å²) in [6, 6.07) is 6.72. The molecule has 1 aromatic carbocycles. The lowest BCUT2D eigenvalue weighted by Gasteiger charge is -2.17. The van der Waals surface area contributed by atoms with Gasteiger partial charge in [-0.05, 0) is 12.1 Å². The summed E-state index contributed by atoms with van der Waals surface area (Å²) in [5.41, 5.74) is 0.485. The minimum absolute atomic E-state index is 0.0590. The lowest BCUT2D eigenvalue weighted by atomic mass is 10.0. The van der Waals surface area contributed by atoms with Crippen LogP contribution in [0.4, 0.5) is 0 Å². The molecule has 0 saturated heterocycles. The van der Waals surface area contributed by atoms with E-state index in [4.69, 9.17) is 4.74 Å². The van der Waals surface area contributed by atoms with Gasteiger partial charge in [0.15, 0.2) is 0 Å². The molecular weight excluding hydrogens is 206 g/mol. The average Bonchev–Trinajstić information content (AvgIpc) is 2.24. The number of esters is 1. The second-order valence-corrected chi connectivity index (χ2v) is 3.72. The second-order valence-electron chi connectivity index (χ2n) is 3.72. The molecule has 16 heavy (non-hydrogen) atoms. The zero-order valence-electron chi connectivity index (χ0n) is 9.06. The molecule has 0 spiro atoms. The molecule has 1 aromatic rings. The van der Waals surface area contributed by atoms with Gasteiger partial charge in [0, 0.05) is 20.3 Å². The summed E-state index contributed by atoms with van der Waals surface area (Å²) in [5, 5.41) is 0. The Hall–Kier alpha value is -2.10. The highest BCUT2D eigenvalue weighted by atomic mass is 16.5. The van der Waals surface area contributed by atoms with Gasteiger partial charge in [0.1, 0.15) is 11.3 Å². The fourth-order valence-electron chi connectivity index (χ4n) is 1.51. The number of benzene rings is 1. The van der Waals surface area contributed by atoms with Gasteiger partial charge in [-0.15, -0.1) is 0 Å². The molecule has 0 N–H and O–H groups in total. The Bertz CT molecular complexity index is 489. The normalized spacial score (nSPS) is 17.0. The van der Waals surface area contributed by atoms with E-state index in [-0.39, 0.29) is 11.4 Å². The number of fused-ring (bicyclic) bond motifs is 1. The highest BCUT2D eigenvalue weighted by Crippen LogP contribution is 2.27. The van der Waals surface area contributed by atoms with E-state index in [0.29, 0.717) is 11.3 Å². The first-order chi connectivity index (χ1) is 7.59. The van der Waals surface area contributed by atoms with E-state index in [1.807, 2.05) is 0 Å². The molecule has 1 aliphatic heterocycles. The fourth-order valence-corrected chi connectivity index (χ4v) is 1.51. The Labute approximate surface area is 93.1 Å². The number of para-hydroxylation sites is 1. The lowest BCUT2D eigenvalue weighted by Crippen LogP contribution is -2.26. The predicted octanol–water partition coefficient (Wildman–Crippen LogP) is 1.23. The van der Waals surface area contributed by atoms with Crippen molar-refractivity contribution in [2.75, 3.05) is 14.1 Å². The molecule has 0 saturated carbocycles. The van der Waals surface area contributed by atoms with Crippen molar-refractivity contribution < 1.29 is 14.3 Å². The summed E-state index contributed by atoms with van der Waals surface area (Å²) in [5.74, 6) is -0.564. The van der Waals surface area contributed by atoms with Crippen LogP contribution in [0.25, 0.3) is 0 Å². The number of ether oxygens (including phenoxy) is 1. The maximum atomic E-state index is 12.0. The van der Waals surface area contributed by atoms with Gasteiger partial charge >= 0.3 is 5.97 Å². The Morgan fingerprint density at radius 3 is 2.56 bits per heavy atom. The Kier molecular flexibility index (Phi) is 2.48. The van der Waals surface area contributed by atoms with Crippen molar-refractivity contribution in [2.24, 2.45) is 0 Å². The van der Waals surface area contributed by atoms with Gasteiger partial charge < -0.3 is 9.64 Å². The molecule has 1 heterocycles. The van der Waals surface area contributed by atoms with Crippen LogP contribution in [0, 0.1) is 0 Å². The summed E-state index contributed by atoms with van der Waals surface area (Å²) < 4.78 is 5.06. The summed E-state index contributed by atoms with van der Waals surface area (Å²) in [6.45, 7) is 0. The number of rotatable bonds is 1. The molecule has 0 unspecified atom stereocenters. The lowest BCUT2D eigenvalue weighted by molar-refractivity contribution is -0.130. The van der Waals surface area contributed by atoms with Gasteiger partial charge in [0.2, 0.25) is 5.78 Å². The molecule has 2 rings (SSSR count). The van der Waals surface area contributed by atoms with Crippen molar-refractivity contribution in [3.05, 3.63) is 41.6 Å². The Morgan fingerprint density at radius 1 is 1.19 bits per heavy atom. The number of nitrogens with zero attached hydrogens (tertiary/aromatic N) is 1. The largest absolute Gasteiger partial charge is 0.422 e. The summed E-state index contributed by atoms with van der Waals surface area (Å²) in [6.07, 6.45) is 1.47. The standard InChI is InChI=1S/C12H11NO3/c1-13(2)7-9-11(14)8-5-3-4-6-10(8)16-12(9)15/h3-7H,1-2H3/b9-7+. The van der Waals surface area contributed by atoms with Gasteiger partial charge in [-0.25, -0.2) is 4.79 Å². The second kappa shape index (κ2) is 3.81. The number of carbonyl (C=O) groups excluding carboxylic acids is 2. The van der Waals surface area contributed by atoms with E-state index >= 15 is 0 Å². The zero-order chi connectivity index (χ0) is 11.7. The van der Waals surface area contributed by atoms with Crippen molar-refractivity contribution in [3.8, 4) is 5.75 Å². The van der Waals surface area contributed by atoms with Crippen molar-refractivity contribution in [1.29, 1.82) is 0 Å². The third kappa shape index (κ3) is 1.69. The van der Waals surface area contributed by atoms with Crippen molar-refractivity contribution >= 4 is 11.8 Å². The highest BCUT2D eigenvalue weighted by Gasteiger charge is 2.30. The molecule has 4 heteroatoms. The number of ketones is 1. The van der Waals surface area contributed by atoms with Crippen molar-refractivity contribution in [1.82, 2.24) is 4.90 Å². The monoisotopic (exact) mass is 217 g/mol. The first-order valence-corrected chi connectivity index (χ1v) is 4.84. The Morgan fingerprint density at radius 2 is 1.88 bits per heavy atom. The van der Waals surface area contributed by atoms with E-state index in [1.54, 1.807) is 43.3 Å². The first-order valence-electron chi connectivity index (χ1n) is 4.84. The molecule has 82 valence electrons. The number of hydrogen-bond donors (Lipinski definition) is 0. The van der Waals surface area contributed by atoms with Gasteiger partial charge in [0.05, 0.1) is 5.56 Å². The van der Waals surface area contributed by atoms with Crippen LogP contribution in [0.1, 0.15) is 10.4 Å². The molecule has 0 atom stereocenters. The summed E-state index contributed by atoms with van der Waals surface area (Å²) >= 11 is 0. The highest BCUT2D eigenvalue weighted by molar-refractivity contribution is 6.27. The first kappa shape index (κ1) is 10.4. The average molecular weight is 217 g/mol. The van der Waals surface area contributed by atoms with Crippen molar-refractivity contribution in [2.45, 2.75) is 0 Å². The van der Waals surface area contributed by atoms with Crippen LogP contribution in [-0.4, -0.2) is 30.7 Å². The van der Waals surface area contributed by atoms with E-state index in [1.165, 1.54) is 6.20 Å². The molecule has 0 amide bonds. The van der Waals surface area contributed by atoms with E-state index in [9.17, 15) is 9.59 Å². The number of hydrogen-bond acceptors (Lipinski definition) is 4. The third-order valence-corrected chi connectivity index (χ3v) is 2.19. The fraction of sp³-hybridized carbons (Fsp3) is 0.167. The van der Waals surface area contributed by atoms with E-state index in [0.717, 1.165) is 0 Å². The Balaban J connectivity index is 2.50. The molecule has 4 nitrogen and oxygen atoms in total. The van der Waals surface area contributed by atoms with Gasteiger partial charge in [-0.3, -0.25) is 4.79 Å². The van der Waals surface area contributed by atoms with Gasteiger partial charge in [-0.2, -0.15) is 0 Å². The molecule has 0 radical (unpaired) electrons. The minimum Gasteiger partial charge on any atom is -0.422 e. The van der Waals surface area contributed by atoms with Crippen molar-refractivity contribution in [3.63, 3.8) is 0 Å². The van der Waals surface area contributed by atoms with Crippen LogP contribution in [0.15, 0.2) is 36.0 Å². The summed E-state index contributed by atoms with van der Waals surface area (Å²) in [7, 11) is 3.49. The van der Waals surface area contributed by atoms with Crippen LogP contribution < -0.4 is 4.74 Å². The topological polar surface area (TPSA) is 46.6 Å². The maximum absolute atomic E-state index is 12.0. The molecular formula is C12H11NO3. The SMILES string of the molecule is CN(C)/C=C1/C(=O)Oc2ccccc2C1=O.